The lowest BCUT2D eigenvalue weighted by atomic mass is 10.0. The van der Waals surface area contributed by atoms with Gasteiger partial charge in [0.15, 0.2) is 9.84 Å². The summed E-state index contributed by atoms with van der Waals surface area (Å²) in [5.41, 5.74) is 2.76. The molecule has 7 heteroatoms. The molecule has 2 aromatic rings. The largest absolute Gasteiger partial charge is 0.491 e. The standard InChI is InChI=1S/C20H22N2O4S/c1-14-6-7-18-15(12-14)13-22(9-10-26-18)20(23)21-17-8-11-27(24,25)19-5-3-2-4-16(17)19/h2-7,12,17H,8-11,13H2,1H3,(H,21,23). The van der Waals surface area contributed by atoms with Crippen LogP contribution in [-0.2, 0) is 16.4 Å². The van der Waals surface area contributed by atoms with Crippen LogP contribution < -0.4 is 10.1 Å². The highest BCUT2D eigenvalue weighted by Gasteiger charge is 2.32. The Bertz CT molecular complexity index is 987. The second kappa shape index (κ2) is 6.88. The molecule has 0 spiro atoms. The molecule has 0 radical (unpaired) electrons. The molecule has 2 amide bonds. The van der Waals surface area contributed by atoms with Crippen LogP contribution in [-0.4, -0.2) is 38.3 Å². The quantitative estimate of drug-likeness (QED) is 0.818. The number of hydrogen-bond acceptors (Lipinski definition) is 4. The second-order valence-corrected chi connectivity index (χ2v) is 9.11. The van der Waals surface area contributed by atoms with Gasteiger partial charge in [-0.1, -0.05) is 35.9 Å². The Labute approximate surface area is 159 Å². The fourth-order valence-electron chi connectivity index (χ4n) is 3.68. The van der Waals surface area contributed by atoms with Crippen LogP contribution in [0.3, 0.4) is 0 Å². The molecule has 0 fully saturated rings. The summed E-state index contributed by atoms with van der Waals surface area (Å²) < 4.78 is 30.3. The number of nitrogens with one attached hydrogen (secondary N) is 1. The van der Waals surface area contributed by atoms with E-state index in [1.54, 1.807) is 29.2 Å². The fourth-order valence-corrected chi connectivity index (χ4v) is 5.30. The van der Waals surface area contributed by atoms with E-state index in [0.29, 0.717) is 36.6 Å². The Hall–Kier alpha value is -2.54. The Morgan fingerprint density at radius 1 is 1.22 bits per heavy atom. The fraction of sp³-hybridized carbons (Fsp3) is 0.350. The van der Waals surface area contributed by atoms with E-state index in [9.17, 15) is 13.2 Å². The minimum absolute atomic E-state index is 0.0418. The van der Waals surface area contributed by atoms with Crippen LogP contribution in [0, 0.1) is 6.92 Å². The van der Waals surface area contributed by atoms with E-state index >= 15 is 0 Å². The van der Waals surface area contributed by atoms with Crippen molar-refractivity contribution < 1.29 is 17.9 Å². The summed E-state index contributed by atoms with van der Waals surface area (Å²) in [5.74, 6) is 0.852. The van der Waals surface area contributed by atoms with Crippen molar-refractivity contribution in [3.63, 3.8) is 0 Å². The number of fused-ring (bicyclic) bond motifs is 2. The van der Waals surface area contributed by atoms with Gasteiger partial charge in [0.1, 0.15) is 12.4 Å². The summed E-state index contributed by atoms with van der Waals surface area (Å²) in [6.07, 6.45) is 0.380. The number of urea groups is 1. The van der Waals surface area contributed by atoms with Crippen molar-refractivity contribution in [1.29, 1.82) is 0 Å². The number of sulfone groups is 1. The third-order valence-corrected chi connectivity index (χ3v) is 6.90. The molecule has 6 nitrogen and oxygen atoms in total. The number of benzene rings is 2. The molecule has 0 aliphatic carbocycles. The molecule has 1 N–H and O–H groups in total. The zero-order valence-corrected chi connectivity index (χ0v) is 16.0. The van der Waals surface area contributed by atoms with E-state index in [1.807, 2.05) is 25.1 Å². The highest BCUT2D eigenvalue weighted by molar-refractivity contribution is 7.91. The average Bonchev–Trinajstić information content (AvgIpc) is 2.86. The van der Waals surface area contributed by atoms with Crippen LogP contribution in [0.1, 0.15) is 29.2 Å². The molecule has 27 heavy (non-hydrogen) atoms. The Balaban J connectivity index is 1.54. The first-order valence-electron chi connectivity index (χ1n) is 9.03. The normalized spacial score (nSPS) is 20.6. The van der Waals surface area contributed by atoms with Gasteiger partial charge in [-0.25, -0.2) is 13.2 Å². The van der Waals surface area contributed by atoms with Crippen molar-refractivity contribution in [2.45, 2.75) is 30.8 Å². The second-order valence-electron chi connectivity index (χ2n) is 7.03. The molecular formula is C20H22N2O4S. The van der Waals surface area contributed by atoms with Gasteiger partial charge in [0.2, 0.25) is 0 Å². The molecule has 0 saturated heterocycles. The van der Waals surface area contributed by atoms with Gasteiger partial charge in [0.25, 0.3) is 0 Å². The van der Waals surface area contributed by atoms with E-state index in [0.717, 1.165) is 16.9 Å². The summed E-state index contributed by atoms with van der Waals surface area (Å²) >= 11 is 0. The first-order chi connectivity index (χ1) is 12.9. The zero-order chi connectivity index (χ0) is 19.0. The molecule has 0 bridgehead atoms. The number of rotatable bonds is 1. The van der Waals surface area contributed by atoms with Crippen molar-refractivity contribution in [3.8, 4) is 5.75 Å². The summed E-state index contributed by atoms with van der Waals surface area (Å²) in [5, 5.41) is 3.02. The maximum atomic E-state index is 12.9. The van der Waals surface area contributed by atoms with Crippen LogP contribution in [0.25, 0.3) is 0 Å². The molecule has 2 aliphatic heterocycles. The van der Waals surface area contributed by atoms with Crippen LogP contribution in [0.2, 0.25) is 0 Å². The predicted molar refractivity (Wildman–Crippen MR) is 101 cm³/mol. The highest BCUT2D eigenvalue weighted by atomic mass is 32.2. The van der Waals surface area contributed by atoms with Gasteiger partial charge in [-0.15, -0.1) is 0 Å². The minimum Gasteiger partial charge on any atom is -0.491 e. The van der Waals surface area contributed by atoms with Gasteiger partial charge in [-0.2, -0.15) is 0 Å². The van der Waals surface area contributed by atoms with Crippen molar-refractivity contribution in [2.24, 2.45) is 0 Å². The predicted octanol–water partition coefficient (Wildman–Crippen LogP) is 2.82. The molecule has 0 aromatic heterocycles. The van der Waals surface area contributed by atoms with Gasteiger partial charge < -0.3 is 15.0 Å². The molecular weight excluding hydrogens is 364 g/mol. The van der Waals surface area contributed by atoms with E-state index in [1.165, 1.54) is 0 Å². The SMILES string of the molecule is Cc1ccc2c(c1)CN(C(=O)NC1CCS(=O)(=O)c3ccccc31)CCO2. The smallest absolute Gasteiger partial charge is 0.318 e. The maximum Gasteiger partial charge on any atom is 0.318 e. The number of ether oxygens (including phenoxy) is 1. The van der Waals surface area contributed by atoms with Crippen molar-refractivity contribution >= 4 is 15.9 Å². The van der Waals surface area contributed by atoms with E-state index < -0.39 is 9.84 Å². The van der Waals surface area contributed by atoms with Gasteiger partial charge in [-0.3, -0.25) is 0 Å². The van der Waals surface area contributed by atoms with E-state index in [4.69, 9.17) is 4.74 Å². The van der Waals surface area contributed by atoms with Gasteiger partial charge in [0.05, 0.1) is 29.8 Å². The lowest BCUT2D eigenvalue weighted by Gasteiger charge is -2.29. The summed E-state index contributed by atoms with van der Waals surface area (Å²) in [6.45, 7) is 3.38. The lowest BCUT2D eigenvalue weighted by Crippen LogP contribution is -2.43. The molecule has 142 valence electrons. The molecule has 0 saturated carbocycles. The van der Waals surface area contributed by atoms with Crippen molar-refractivity contribution in [2.75, 3.05) is 18.9 Å². The minimum atomic E-state index is -3.27. The Morgan fingerprint density at radius 2 is 2.04 bits per heavy atom. The topological polar surface area (TPSA) is 75.7 Å². The first-order valence-corrected chi connectivity index (χ1v) is 10.7. The van der Waals surface area contributed by atoms with Crippen LogP contribution >= 0.6 is 0 Å². The monoisotopic (exact) mass is 386 g/mol. The molecule has 1 atom stereocenters. The summed E-state index contributed by atoms with van der Waals surface area (Å²) in [7, 11) is -3.27. The van der Waals surface area contributed by atoms with Gasteiger partial charge >= 0.3 is 6.03 Å². The number of nitrogens with zero attached hydrogens (tertiary/aromatic N) is 1. The third-order valence-electron chi connectivity index (χ3n) is 5.09. The first kappa shape index (κ1) is 17.9. The summed E-state index contributed by atoms with van der Waals surface area (Å²) in [4.78, 5) is 14.9. The third kappa shape index (κ3) is 3.51. The Kier molecular flexibility index (Phi) is 4.55. The van der Waals surface area contributed by atoms with Gasteiger partial charge in [-0.05, 0) is 31.0 Å². The molecule has 2 aromatic carbocycles. The number of amides is 2. The van der Waals surface area contributed by atoms with Gasteiger partial charge in [0, 0.05) is 5.56 Å². The molecule has 4 rings (SSSR count). The highest BCUT2D eigenvalue weighted by Crippen LogP contribution is 2.32. The molecule has 2 heterocycles. The number of hydrogen-bond donors (Lipinski definition) is 1. The summed E-state index contributed by atoms with van der Waals surface area (Å²) in [6, 6.07) is 12.4. The molecule has 2 aliphatic rings. The maximum absolute atomic E-state index is 12.9. The van der Waals surface area contributed by atoms with Crippen LogP contribution in [0.4, 0.5) is 4.79 Å². The van der Waals surface area contributed by atoms with Crippen LogP contribution in [0.15, 0.2) is 47.4 Å². The average molecular weight is 386 g/mol. The van der Waals surface area contributed by atoms with Crippen molar-refractivity contribution in [1.82, 2.24) is 10.2 Å². The zero-order valence-electron chi connectivity index (χ0n) is 15.1. The Morgan fingerprint density at radius 3 is 2.89 bits per heavy atom. The lowest BCUT2D eigenvalue weighted by molar-refractivity contribution is 0.183. The number of carbonyl (C=O) groups is 1. The number of carbonyl (C=O) groups excluding carboxylic acids is 1. The van der Waals surface area contributed by atoms with Crippen molar-refractivity contribution in [3.05, 3.63) is 59.2 Å². The van der Waals surface area contributed by atoms with E-state index in [-0.39, 0.29) is 17.8 Å². The number of aryl methyl sites for hydroxylation is 1. The van der Waals surface area contributed by atoms with Crippen LogP contribution in [0.5, 0.6) is 5.75 Å². The van der Waals surface area contributed by atoms with E-state index in [2.05, 4.69) is 5.32 Å². The molecule has 1 unspecified atom stereocenters.